The summed E-state index contributed by atoms with van der Waals surface area (Å²) in [5.41, 5.74) is 2.53. The van der Waals surface area contributed by atoms with E-state index in [-0.39, 0.29) is 0 Å². The number of anilines is 1. The molecule has 0 aliphatic carbocycles. The van der Waals surface area contributed by atoms with Crippen LogP contribution in [0, 0.1) is 0 Å². The van der Waals surface area contributed by atoms with Crippen LogP contribution in [0.4, 0.5) is 5.95 Å². The maximum absolute atomic E-state index is 5.43. The van der Waals surface area contributed by atoms with Crippen LogP contribution in [0.2, 0.25) is 0 Å². The summed E-state index contributed by atoms with van der Waals surface area (Å²) in [6, 6.07) is 3.73. The Balaban J connectivity index is 1.69. The molecule has 4 rings (SSSR count). The minimum atomic E-state index is 0.623. The van der Waals surface area contributed by atoms with Crippen molar-refractivity contribution in [2.24, 2.45) is 0 Å². The highest BCUT2D eigenvalue weighted by atomic mass is 16.5. The highest BCUT2D eigenvalue weighted by Gasteiger charge is 2.17. The molecule has 27 heavy (non-hydrogen) atoms. The number of hydrogen-bond donors (Lipinski definition) is 0. The lowest BCUT2D eigenvalue weighted by atomic mass is 10.1. The van der Waals surface area contributed by atoms with Gasteiger partial charge in [-0.2, -0.15) is 10.2 Å². The molecule has 0 N–H and O–H groups in total. The molecule has 0 radical (unpaired) electrons. The molecule has 0 unspecified atom stereocenters. The molecule has 140 valence electrons. The van der Waals surface area contributed by atoms with Crippen LogP contribution in [-0.2, 0) is 0 Å². The number of rotatable bonds is 4. The van der Waals surface area contributed by atoms with Crippen molar-refractivity contribution in [1.29, 1.82) is 0 Å². The second-order valence-corrected chi connectivity index (χ2v) is 6.54. The van der Waals surface area contributed by atoms with Crippen LogP contribution < -0.4 is 14.4 Å². The molecule has 8 heteroatoms. The topological polar surface area (TPSA) is 76.5 Å². The molecule has 8 nitrogen and oxygen atoms in total. The predicted molar refractivity (Wildman–Crippen MR) is 103 cm³/mol. The molecule has 3 heterocycles. The molecule has 1 aliphatic rings. The Morgan fingerprint density at radius 3 is 2.22 bits per heavy atom. The average molecular weight is 366 g/mol. The summed E-state index contributed by atoms with van der Waals surface area (Å²) in [7, 11) is 5.35. The summed E-state index contributed by atoms with van der Waals surface area (Å²) in [5.74, 6) is 2.03. The first-order chi connectivity index (χ1) is 13.2. The van der Waals surface area contributed by atoms with Gasteiger partial charge in [-0.1, -0.05) is 0 Å². The number of fused-ring (bicyclic) bond motifs is 1. The standard InChI is InChI=1S/C19H22N6O2/c1-24-4-6-25(7-5-24)19-20-10-13(11-21-19)15-12-22-23-16-9-18(27-3)17(26-2)8-14(15)16/h8-12H,4-7H2,1-3H3. The number of ether oxygens (including phenoxy) is 2. The number of methoxy groups -OCH3 is 2. The van der Waals surface area contributed by atoms with E-state index in [1.807, 2.05) is 24.5 Å². The largest absolute Gasteiger partial charge is 0.493 e. The molecule has 1 saturated heterocycles. The highest BCUT2D eigenvalue weighted by Crippen LogP contribution is 2.35. The van der Waals surface area contributed by atoms with Gasteiger partial charge in [-0.15, -0.1) is 0 Å². The van der Waals surface area contributed by atoms with Gasteiger partial charge < -0.3 is 19.3 Å². The summed E-state index contributed by atoms with van der Waals surface area (Å²) in [4.78, 5) is 13.7. The Bertz CT molecular complexity index is 939. The molecule has 1 fully saturated rings. The van der Waals surface area contributed by atoms with Gasteiger partial charge in [0.25, 0.3) is 0 Å². The minimum Gasteiger partial charge on any atom is -0.493 e. The highest BCUT2D eigenvalue weighted by molar-refractivity contribution is 5.95. The number of hydrogen-bond acceptors (Lipinski definition) is 8. The van der Waals surface area contributed by atoms with Gasteiger partial charge in [-0.05, 0) is 13.1 Å². The fraction of sp³-hybridized carbons (Fsp3) is 0.368. The summed E-state index contributed by atoms with van der Waals surface area (Å²) < 4.78 is 10.8. The van der Waals surface area contributed by atoms with Crippen molar-refractivity contribution in [3.05, 3.63) is 30.7 Å². The van der Waals surface area contributed by atoms with E-state index >= 15 is 0 Å². The molecule has 1 aromatic carbocycles. The molecule has 0 atom stereocenters. The van der Waals surface area contributed by atoms with Gasteiger partial charge in [0.2, 0.25) is 5.95 Å². The van der Waals surface area contributed by atoms with Crippen LogP contribution in [0.3, 0.4) is 0 Å². The number of likely N-dealkylation sites (N-methyl/N-ethyl adjacent to an activating group) is 1. The zero-order chi connectivity index (χ0) is 18.8. The normalized spacial score (nSPS) is 15.1. The van der Waals surface area contributed by atoms with Gasteiger partial charge in [-0.3, -0.25) is 0 Å². The molecule has 0 amide bonds. The van der Waals surface area contributed by atoms with Gasteiger partial charge in [0.1, 0.15) is 0 Å². The van der Waals surface area contributed by atoms with Crippen LogP contribution in [-0.4, -0.2) is 72.5 Å². The van der Waals surface area contributed by atoms with Crippen molar-refractivity contribution in [3.8, 4) is 22.6 Å². The Morgan fingerprint density at radius 2 is 1.56 bits per heavy atom. The Morgan fingerprint density at radius 1 is 0.889 bits per heavy atom. The zero-order valence-electron chi connectivity index (χ0n) is 15.7. The molecule has 1 aliphatic heterocycles. The molecule has 0 spiro atoms. The van der Waals surface area contributed by atoms with Crippen LogP contribution in [0.25, 0.3) is 22.0 Å². The summed E-state index contributed by atoms with van der Waals surface area (Å²) in [6.45, 7) is 3.91. The maximum atomic E-state index is 5.43. The molecule has 3 aromatic rings. The summed E-state index contributed by atoms with van der Waals surface area (Å²) in [6.07, 6.45) is 5.41. The lowest BCUT2D eigenvalue weighted by molar-refractivity contribution is 0.311. The minimum absolute atomic E-state index is 0.623. The lowest BCUT2D eigenvalue weighted by Crippen LogP contribution is -2.45. The summed E-state index contributed by atoms with van der Waals surface area (Å²) in [5, 5.41) is 9.25. The van der Waals surface area contributed by atoms with Crippen LogP contribution in [0.1, 0.15) is 0 Å². The van der Waals surface area contributed by atoms with Crippen molar-refractivity contribution in [1.82, 2.24) is 25.1 Å². The number of nitrogens with zero attached hydrogens (tertiary/aromatic N) is 6. The van der Waals surface area contributed by atoms with Crippen LogP contribution in [0.15, 0.2) is 30.7 Å². The molecule has 2 aromatic heterocycles. The van der Waals surface area contributed by atoms with Crippen LogP contribution >= 0.6 is 0 Å². The predicted octanol–water partition coefficient (Wildman–Crippen LogP) is 1.86. The first-order valence-corrected chi connectivity index (χ1v) is 8.83. The fourth-order valence-corrected chi connectivity index (χ4v) is 3.25. The number of aromatic nitrogens is 4. The van der Waals surface area contributed by atoms with E-state index in [1.54, 1.807) is 20.4 Å². The van der Waals surface area contributed by atoms with Crippen molar-refractivity contribution >= 4 is 16.9 Å². The SMILES string of the molecule is COc1cc2nncc(-c3cnc(N4CCN(C)CC4)nc3)c2cc1OC. The first-order valence-electron chi connectivity index (χ1n) is 8.83. The lowest BCUT2D eigenvalue weighted by Gasteiger charge is -2.32. The average Bonchev–Trinajstić information content (AvgIpc) is 2.73. The van der Waals surface area contributed by atoms with E-state index in [2.05, 4.69) is 37.0 Å². The second kappa shape index (κ2) is 7.32. The summed E-state index contributed by atoms with van der Waals surface area (Å²) >= 11 is 0. The smallest absolute Gasteiger partial charge is 0.225 e. The Hall–Kier alpha value is -3.00. The number of benzene rings is 1. The zero-order valence-corrected chi connectivity index (χ0v) is 15.7. The van der Waals surface area contributed by atoms with E-state index in [0.29, 0.717) is 11.5 Å². The Kier molecular flexibility index (Phi) is 4.72. The maximum Gasteiger partial charge on any atom is 0.225 e. The van der Waals surface area contributed by atoms with Crippen molar-refractivity contribution in [2.75, 3.05) is 52.3 Å². The van der Waals surface area contributed by atoms with Crippen molar-refractivity contribution < 1.29 is 9.47 Å². The van der Waals surface area contributed by atoms with Gasteiger partial charge in [0.05, 0.1) is 25.9 Å². The molecule has 0 saturated carbocycles. The van der Waals surface area contributed by atoms with Crippen molar-refractivity contribution in [3.63, 3.8) is 0 Å². The third kappa shape index (κ3) is 3.35. The van der Waals surface area contributed by atoms with E-state index in [1.165, 1.54) is 0 Å². The van der Waals surface area contributed by atoms with Gasteiger partial charge >= 0.3 is 0 Å². The molecular formula is C19H22N6O2. The molecule has 0 bridgehead atoms. The van der Waals surface area contributed by atoms with E-state index in [9.17, 15) is 0 Å². The van der Waals surface area contributed by atoms with Crippen LogP contribution in [0.5, 0.6) is 11.5 Å². The van der Waals surface area contributed by atoms with Gasteiger partial charge in [-0.25, -0.2) is 9.97 Å². The van der Waals surface area contributed by atoms with E-state index < -0.39 is 0 Å². The Labute approximate surface area is 157 Å². The monoisotopic (exact) mass is 366 g/mol. The van der Waals surface area contributed by atoms with Gasteiger partial charge in [0.15, 0.2) is 11.5 Å². The van der Waals surface area contributed by atoms with Crippen molar-refractivity contribution in [2.45, 2.75) is 0 Å². The fourth-order valence-electron chi connectivity index (χ4n) is 3.25. The van der Waals surface area contributed by atoms with E-state index in [4.69, 9.17) is 9.47 Å². The molecular weight excluding hydrogens is 344 g/mol. The van der Waals surface area contributed by atoms with Gasteiger partial charge in [0, 0.05) is 61.2 Å². The third-order valence-corrected chi connectivity index (χ3v) is 4.88. The number of piperazine rings is 1. The van der Waals surface area contributed by atoms with E-state index in [0.717, 1.165) is 54.2 Å². The quantitative estimate of drug-likeness (QED) is 0.692. The first kappa shape index (κ1) is 17.4. The second-order valence-electron chi connectivity index (χ2n) is 6.54. The third-order valence-electron chi connectivity index (χ3n) is 4.88.